The van der Waals surface area contributed by atoms with Crippen LogP contribution >= 0.6 is 11.8 Å². The van der Waals surface area contributed by atoms with Gasteiger partial charge in [0, 0.05) is 5.39 Å². The summed E-state index contributed by atoms with van der Waals surface area (Å²) in [5.74, 6) is -0.104. The van der Waals surface area contributed by atoms with Crippen LogP contribution in [0.25, 0.3) is 10.8 Å². The Hall–Kier alpha value is -2.79. The van der Waals surface area contributed by atoms with E-state index in [1.165, 1.54) is 0 Å². The second kappa shape index (κ2) is 7.85. The lowest BCUT2D eigenvalue weighted by atomic mass is 10.1. The minimum Gasteiger partial charge on any atom is -0.458 e. The van der Waals surface area contributed by atoms with Crippen molar-refractivity contribution in [1.29, 1.82) is 0 Å². The van der Waals surface area contributed by atoms with Gasteiger partial charge in [-0.2, -0.15) is 0 Å². The highest BCUT2D eigenvalue weighted by atomic mass is 32.2. The Kier molecular flexibility index (Phi) is 5.36. The molecule has 0 unspecified atom stereocenters. The molecule has 0 aromatic heterocycles. The van der Waals surface area contributed by atoms with Crippen molar-refractivity contribution in [2.75, 3.05) is 6.61 Å². The number of ether oxygens (including phenoxy) is 2. The molecular formula is C20H16O4S. The molecule has 0 saturated heterocycles. The fourth-order valence-corrected chi connectivity index (χ4v) is 3.11. The standard InChI is InChI=1S/C20H16O4S/c1-2-23-20(22)25-17-13-12-14-8-6-7-11-16(14)18(17)24-19(21)15-9-4-3-5-10-15/h3-13H,2H2,1H3. The SMILES string of the molecule is CCOC(=O)Sc1ccc2ccccc2c1OC(=O)c1ccccc1. The van der Waals surface area contributed by atoms with Crippen molar-refractivity contribution in [2.45, 2.75) is 11.8 Å². The minimum absolute atomic E-state index is 0.290. The Morgan fingerprint density at radius 3 is 2.40 bits per heavy atom. The summed E-state index contributed by atoms with van der Waals surface area (Å²) in [7, 11) is 0. The van der Waals surface area contributed by atoms with Crippen LogP contribution in [0.2, 0.25) is 0 Å². The number of benzene rings is 3. The van der Waals surface area contributed by atoms with Crippen LogP contribution in [0, 0.1) is 0 Å². The average molecular weight is 352 g/mol. The largest absolute Gasteiger partial charge is 0.458 e. The van der Waals surface area contributed by atoms with E-state index in [4.69, 9.17) is 9.47 Å². The Morgan fingerprint density at radius 1 is 0.920 bits per heavy atom. The van der Waals surface area contributed by atoms with Gasteiger partial charge in [0.1, 0.15) is 0 Å². The quantitative estimate of drug-likeness (QED) is 0.362. The van der Waals surface area contributed by atoms with Gasteiger partial charge in [-0.05, 0) is 42.3 Å². The fraction of sp³-hybridized carbons (Fsp3) is 0.100. The van der Waals surface area contributed by atoms with Crippen LogP contribution in [0.3, 0.4) is 0 Å². The van der Waals surface area contributed by atoms with Gasteiger partial charge < -0.3 is 9.47 Å². The fourth-order valence-electron chi connectivity index (χ4n) is 2.37. The van der Waals surface area contributed by atoms with Crippen molar-refractivity contribution in [3.05, 3.63) is 72.3 Å². The molecule has 0 aliphatic carbocycles. The highest BCUT2D eigenvalue weighted by Gasteiger charge is 2.18. The first-order chi connectivity index (χ1) is 12.2. The molecule has 3 aromatic rings. The molecule has 3 rings (SSSR count). The summed E-state index contributed by atoms with van der Waals surface area (Å²) in [4.78, 5) is 24.9. The average Bonchev–Trinajstić information content (AvgIpc) is 2.64. The van der Waals surface area contributed by atoms with Crippen LogP contribution in [0.1, 0.15) is 17.3 Å². The van der Waals surface area contributed by atoms with E-state index in [2.05, 4.69) is 0 Å². The summed E-state index contributed by atoms with van der Waals surface area (Å²) in [6.45, 7) is 2.04. The molecular weight excluding hydrogens is 336 g/mol. The molecule has 0 N–H and O–H groups in total. The molecule has 5 heteroatoms. The van der Waals surface area contributed by atoms with Crippen LogP contribution in [-0.4, -0.2) is 17.9 Å². The van der Waals surface area contributed by atoms with Gasteiger partial charge >= 0.3 is 11.3 Å². The maximum Gasteiger partial charge on any atom is 0.372 e. The number of thioether (sulfide) groups is 1. The molecule has 0 saturated carbocycles. The molecule has 0 aliphatic heterocycles. The topological polar surface area (TPSA) is 52.6 Å². The maximum absolute atomic E-state index is 12.5. The van der Waals surface area contributed by atoms with E-state index in [1.807, 2.05) is 36.4 Å². The second-order valence-electron chi connectivity index (χ2n) is 5.15. The van der Waals surface area contributed by atoms with E-state index in [0.29, 0.717) is 22.8 Å². The van der Waals surface area contributed by atoms with Gasteiger partial charge in [0.15, 0.2) is 5.75 Å². The molecule has 25 heavy (non-hydrogen) atoms. The van der Waals surface area contributed by atoms with Crippen LogP contribution in [0.15, 0.2) is 71.6 Å². The van der Waals surface area contributed by atoms with Gasteiger partial charge in [-0.15, -0.1) is 0 Å². The van der Waals surface area contributed by atoms with Crippen LogP contribution < -0.4 is 4.74 Å². The van der Waals surface area contributed by atoms with Gasteiger partial charge in [-0.1, -0.05) is 48.5 Å². The summed E-state index contributed by atoms with van der Waals surface area (Å²) in [6, 6.07) is 19.9. The Morgan fingerprint density at radius 2 is 1.64 bits per heavy atom. The summed E-state index contributed by atoms with van der Waals surface area (Å²) < 4.78 is 10.6. The van der Waals surface area contributed by atoms with Crippen molar-refractivity contribution in [3.63, 3.8) is 0 Å². The maximum atomic E-state index is 12.5. The Labute approximate surface area is 149 Å². The first kappa shape index (κ1) is 17.0. The first-order valence-electron chi connectivity index (χ1n) is 7.82. The highest BCUT2D eigenvalue weighted by molar-refractivity contribution is 8.13. The third-order valence-corrected chi connectivity index (χ3v) is 4.33. The highest BCUT2D eigenvalue weighted by Crippen LogP contribution is 2.37. The lowest BCUT2D eigenvalue weighted by Gasteiger charge is -2.12. The smallest absolute Gasteiger partial charge is 0.372 e. The van der Waals surface area contributed by atoms with Crippen LogP contribution in [0.5, 0.6) is 5.75 Å². The number of carbonyl (C=O) groups is 2. The molecule has 0 fully saturated rings. The lowest BCUT2D eigenvalue weighted by molar-refractivity contribution is 0.0732. The van der Waals surface area contributed by atoms with Gasteiger partial charge in [-0.25, -0.2) is 9.59 Å². The van der Waals surface area contributed by atoms with E-state index >= 15 is 0 Å². The van der Waals surface area contributed by atoms with E-state index in [0.717, 1.165) is 22.5 Å². The van der Waals surface area contributed by atoms with Gasteiger partial charge in [-0.3, -0.25) is 0 Å². The van der Waals surface area contributed by atoms with E-state index in [-0.39, 0.29) is 0 Å². The molecule has 0 spiro atoms. The molecule has 0 bridgehead atoms. The molecule has 4 nitrogen and oxygen atoms in total. The van der Waals surface area contributed by atoms with E-state index in [1.54, 1.807) is 37.3 Å². The molecule has 0 atom stereocenters. The lowest BCUT2D eigenvalue weighted by Crippen LogP contribution is -2.09. The van der Waals surface area contributed by atoms with Gasteiger partial charge in [0.25, 0.3) is 0 Å². The second-order valence-corrected chi connectivity index (χ2v) is 6.13. The number of hydrogen-bond acceptors (Lipinski definition) is 5. The first-order valence-corrected chi connectivity index (χ1v) is 8.64. The Balaban J connectivity index is 2.00. The summed E-state index contributed by atoms with van der Waals surface area (Å²) in [5, 5.41) is 1.25. The molecule has 3 aromatic carbocycles. The van der Waals surface area contributed by atoms with Crippen molar-refractivity contribution in [2.24, 2.45) is 0 Å². The summed E-state index contributed by atoms with van der Waals surface area (Å²) >= 11 is 0.908. The zero-order chi connectivity index (χ0) is 17.6. The van der Waals surface area contributed by atoms with E-state index < -0.39 is 11.3 Å². The normalized spacial score (nSPS) is 10.4. The third kappa shape index (κ3) is 4.00. The predicted molar refractivity (Wildman–Crippen MR) is 98.2 cm³/mol. The minimum atomic E-state index is -0.470. The van der Waals surface area contributed by atoms with Gasteiger partial charge in [0.2, 0.25) is 0 Å². The summed E-state index contributed by atoms with van der Waals surface area (Å²) in [6.07, 6.45) is 0. The molecule has 126 valence electrons. The molecule has 0 radical (unpaired) electrons. The Bertz CT molecular complexity index is 906. The number of carbonyl (C=O) groups excluding carboxylic acids is 2. The number of hydrogen-bond donors (Lipinski definition) is 0. The van der Waals surface area contributed by atoms with Crippen LogP contribution in [-0.2, 0) is 4.74 Å². The third-order valence-electron chi connectivity index (χ3n) is 3.50. The van der Waals surface area contributed by atoms with Crippen molar-refractivity contribution in [1.82, 2.24) is 0 Å². The number of rotatable bonds is 4. The predicted octanol–water partition coefficient (Wildman–Crippen LogP) is 5.31. The number of esters is 1. The molecule has 0 amide bonds. The van der Waals surface area contributed by atoms with Gasteiger partial charge in [0.05, 0.1) is 17.1 Å². The van der Waals surface area contributed by atoms with E-state index in [9.17, 15) is 9.59 Å². The zero-order valence-corrected chi connectivity index (χ0v) is 14.4. The molecule has 0 aliphatic rings. The van der Waals surface area contributed by atoms with Crippen molar-refractivity contribution < 1.29 is 19.1 Å². The number of fused-ring (bicyclic) bond motifs is 1. The van der Waals surface area contributed by atoms with Crippen LogP contribution in [0.4, 0.5) is 4.79 Å². The molecule has 0 heterocycles. The van der Waals surface area contributed by atoms with Crippen molar-refractivity contribution in [3.8, 4) is 5.75 Å². The summed E-state index contributed by atoms with van der Waals surface area (Å²) in [5.41, 5.74) is 0.447. The zero-order valence-electron chi connectivity index (χ0n) is 13.6. The monoisotopic (exact) mass is 352 g/mol. The van der Waals surface area contributed by atoms with Crippen molar-refractivity contribution >= 4 is 33.8 Å².